The number of halogens is 2. The van der Waals surface area contributed by atoms with Crippen LogP contribution in [-0.2, 0) is 4.79 Å². The fourth-order valence-electron chi connectivity index (χ4n) is 3.98. The van der Waals surface area contributed by atoms with Gasteiger partial charge < -0.3 is 10.2 Å². The number of amides is 1. The van der Waals surface area contributed by atoms with Crippen LogP contribution in [0.25, 0.3) is 0 Å². The summed E-state index contributed by atoms with van der Waals surface area (Å²) in [4.78, 5) is 15.6. The van der Waals surface area contributed by atoms with Crippen LogP contribution in [0.5, 0.6) is 0 Å². The lowest BCUT2D eigenvalue weighted by Gasteiger charge is -2.34. The number of anilines is 1. The number of hydrogen-bond acceptors (Lipinski definition) is 3. The second-order valence-electron chi connectivity index (χ2n) is 7.86. The predicted octanol–water partition coefficient (Wildman–Crippen LogP) is 6.01. The summed E-state index contributed by atoms with van der Waals surface area (Å²) in [7, 11) is 1.83. The smallest absolute Gasteiger partial charge is 0.254 e. The van der Waals surface area contributed by atoms with E-state index < -0.39 is 6.04 Å². The van der Waals surface area contributed by atoms with E-state index in [0.29, 0.717) is 15.6 Å². The second kappa shape index (κ2) is 8.40. The molecule has 3 aromatic rings. The third kappa shape index (κ3) is 3.95. The first-order chi connectivity index (χ1) is 14.8. The average molecular weight is 455 g/mol. The number of nitrogens with zero attached hydrogens (tertiary/aromatic N) is 3. The Bertz CT molecular complexity index is 1170. The molecule has 1 unspecified atom stereocenters. The molecule has 31 heavy (non-hydrogen) atoms. The van der Waals surface area contributed by atoms with E-state index in [-0.39, 0.29) is 11.9 Å². The largest absolute Gasteiger partial charge is 0.344 e. The third-order valence-electron chi connectivity index (χ3n) is 5.77. The van der Waals surface area contributed by atoms with Gasteiger partial charge in [0.2, 0.25) is 0 Å². The topological polar surface area (TPSA) is 50.2 Å². The minimum Gasteiger partial charge on any atom is -0.344 e. The summed E-state index contributed by atoms with van der Waals surface area (Å²) in [5.41, 5.74) is 4.20. The Morgan fingerprint density at radius 3 is 2.48 bits per heavy atom. The second-order valence-corrected chi connectivity index (χ2v) is 8.67. The summed E-state index contributed by atoms with van der Waals surface area (Å²) in [6, 6.07) is 16.9. The van der Waals surface area contributed by atoms with Crippen LogP contribution >= 0.6 is 23.2 Å². The molecule has 1 aliphatic heterocycles. The first-order valence-electron chi connectivity index (χ1n) is 10.1. The first-order valence-corrected chi connectivity index (χ1v) is 10.8. The maximum absolute atomic E-state index is 13.8. The van der Waals surface area contributed by atoms with E-state index in [1.54, 1.807) is 11.0 Å². The minimum atomic E-state index is -0.419. The maximum atomic E-state index is 13.8. The molecule has 5 nitrogen and oxygen atoms in total. The SMILES string of the molecule is CC1=C(C(=O)N(C)[C@@H](C)c2ccccc2)C(c2ccc(Cl)c(Cl)c2)n2nc(C)cc2N1. The van der Waals surface area contributed by atoms with E-state index in [9.17, 15) is 4.79 Å². The molecule has 0 saturated carbocycles. The molecule has 0 fully saturated rings. The van der Waals surface area contributed by atoms with Gasteiger partial charge >= 0.3 is 0 Å². The maximum Gasteiger partial charge on any atom is 0.254 e. The molecule has 1 aliphatic rings. The van der Waals surface area contributed by atoms with Crippen molar-refractivity contribution in [3.05, 3.63) is 92.7 Å². The van der Waals surface area contributed by atoms with Crippen molar-refractivity contribution in [2.24, 2.45) is 0 Å². The van der Waals surface area contributed by atoms with E-state index in [1.165, 1.54) is 0 Å². The molecule has 160 valence electrons. The molecular formula is C24H24Cl2N4O. The molecule has 0 radical (unpaired) electrons. The van der Waals surface area contributed by atoms with Crippen LogP contribution in [0.4, 0.5) is 5.82 Å². The summed E-state index contributed by atoms with van der Waals surface area (Å²) in [5.74, 6) is 0.762. The van der Waals surface area contributed by atoms with Crippen molar-refractivity contribution in [3.63, 3.8) is 0 Å². The van der Waals surface area contributed by atoms with Gasteiger partial charge in [0.1, 0.15) is 11.9 Å². The minimum absolute atomic E-state index is 0.0729. The zero-order valence-corrected chi connectivity index (χ0v) is 19.4. The van der Waals surface area contributed by atoms with E-state index in [2.05, 4.69) is 10.4 Å². The summed E-state index contributed by atoms with van der Waals surface area (Å²) in [6.45, 7) is 5.88. The summed E-state index contributed by atoms with van der Waals surface area (Å²) >= 11 is 12.5. The van der Waals surface area contributed by atoms with Gasteiger partial charge in [0.05, 0.1) is 27.4 Å². The number of aromatic nitrogens is 2. The van der Waals surface area contributed by atoms with Crippen molar-refractivity contribution in [2.75, 3.05) is 12.4 Å². The van der Waals surface area contributed by atoms with Crippen molar-refractivity contribution in [2.45, 2.75) is 32.9 Å². The van der Waals surface area contributed by atoms with Crippen LogP contribution in [0.3, 0.4) is 0 Å². The van der Waals surface area contributed by atoms with Crippen LogP contribution in [0.2, 0.25) is 10.0 Å². The van der Waals surface area contributed by atoms with Crippen LogP contribution < -0.4 is 5.32 Å². The van der Waals surface area contributed by atoms with Crippen molar-refractivity contribution >= 4 is 34.9 Å². The lowest BCUT2D eigenvalue weighted by molar-refractivity contribution is -0.128. The van der Waals surface area contributed by atoms with Gasteiger partial charge in [-0.15, -0.1) is 0 Å². The molecule has 7 heteroatoms. The zero-order chi connectivity index (χ0) is 22.3. The summed E-state index contributed by atoms with van der Waals surface area (Å²) in [5, 5.41) is 8.92. The Morgan fingerprint density at radius 2 is 1.81 bits per heavy atom. The molecule has 1 aromatic heterocycles. The molecule has 2 heterocycles. The van der Waals surface area contributed by atoms with Crippen molar-refractivity contribution in [3.8, 4) is 0 Å². The van der Waals surface area contributed by atoms with Gasteiger partial charge in [-0.1, -0.05) is 59.6 Å². The molecule has 0 saturated heterocycles. The van der Waals surface area contributed by atoms with Crippen molar-refractivity contribution in [1.82, 2.24) is 14.7 Å². The van der Waals surface area contributed by atoms with Crippen molar-refractivity contribution in [1.29, 1.82) is 0 Å². The number of benzene rings is 2. The highest BCUT2D eigenvalue weighted by Gasteiger charge is 2.35. The van der Waals surface area contributed by atoms with E-state index in [1.807, 2.05) is 81.0 Å². The Labute approximate surface area is 192 Å². The highest BCUT2D eigenvalue weighted by atomic mass is 35.5. The number of rotatable bonds is 4. The Balaban J connectivity index is 1.79. The van der Waals surface area contributed by atoms with E-state index in [4.69, 9.17) is 23.2 Å². The molecule has 1 amide bonds. The molecule has 2 aromatic carbocycles. The quantitative estimate of drug-likeness (QED) is 0.525. The number of carbonyl (C=O) groups is 1. The molecule has 4 rings (SSSR count). The number of aryl methyl sites for hydroxylation is 1. The highest BCUT2D eigenvalue weighted by molar-refractivity contribution is 6.42. The van der Waals surface area contributed by atoms with E-state index >= 15 is 0 Å². The van der Waals surface area contributed by atoms with Crippen LogP contribution in [0.15, 0.2) is 65.9 Å². The van der Waals surface area contributed by atoms with Crippen LogP contribution in [0, 0.1) is 6.92 Å². The standard InChI is InChI=1S/C24H24Cl2N4O/c1-14-12-21-27-15(2)22(24(31)29(4)16(3)17-8-6-5-7-9-17)23(30(21)28-14)18-10-11-19(25)20(26)13-18/h5-13,16,23,27H,1-4H3/t16-,23?/m0/s1. The van der Waals surface area contributed by atoms with Crippen molar-refractivity contribution < 1.29 is 4.79 Å². The molecule has 0 aliphatic carbocycles. The summed E-state index contributed by atoms with van der Waals surface area (Å²) < 4.78 is 1.84. The number of fused-ring (bicyclic) bond motifs is 1. The van der Waals surface area contributed by atoms with Gasteiger partial charge in [0, 0.05) is 18.8 Å². The Hall–Kier alpha value is -2.76. The van der Waals surface area contributed by atoms with Gasteiger partial charge in [-0.2, -0.15) is 5.10 Å². The Kier molecular flexibility index (Phi) is 5.82. The van der Waals surface area contributed by atoms with Gasteiger partial charge in [-0.05, 0) is 44.0 Å². The number of nitrogens with one attached hydrogen (secondary N) is 1. The van der Waals surface area contributed by atoms with Crippen LogP contribution in [-0.4, -0.2) is 27.6 Å². The fourth-order valence-corrected chi connectivity index (χ4v) is 4.29. The molecule has 2 atom stereocenters. The molecule has 0 spiro atoms. The third-order valence-corrected chi connectivity index (χ3v) is 6.51. The van der Waals surface area contributed by atoms with Gasteiger partial charge in [0.25, 0.3) is 5.91 Å². The lowest BCUT2D eigenvalue weighted by Crippen LogP contribution is -2.37. The molecule has 1 N–H and O–H groups in total. The van der Waals surface area contributed by atoms with Crippen LogP contribution in [0.1, 0.15) is 42.8 Å². The number of allylic oxidation sites excluding steroid dienone is 1. The Morgan fingerprint density at radius 1 is 1.10 bits per heavy atom. The number of hydrogen-bond donors (Lipinski definition) is 1. The highest BCUT2D eigenvalue weighted by Crippen LogP contribution is 2.39. The first kappa shape index (κ1) is 21.5. The van der Waals surface area contributed by atoms with Gasteiger partial charge in [0.15, 0.2) is 0 Å². The predicted molar refractivity (Wildman–Crippen MR) is 126 cm³/mol. The fraction of sp³-hybridized carbons (Fsp3) is 0.250. The number of carbonyl (C=O) groups excluding carboxylic acids is 1. The average Bonchev–Trinajstić information content (AvgIpc) is 3.13. The number of likely N-dealkylation sites (N-methyl/N-ethyl adjacent to an activating group) is 1. The van der Waals surface area contributed by atoms with Gasteiger partial charge in [-0.25, -0.2) is 4.68 Å². The van der Waals surface area contributed by atoms with E-state index in [0.717, 1.165) is 28.3 Å². The zero-order valence-electron chi connectivity index (χ0n) is 17.9. The monoisotopic (exact) mass is 454 g/mol. The molecule has 0 bridgehead atoms. The lowest BCUT2D eigenvalue weighted by atomic mass is 9.93. The summed E-state index contributed by atoms with van der Waals surface area (Å²) in [6.07, 6.45) is 0. The normalized spacial score (nSPS) is 16.5. The van der Waals surface area contributed by atoms with Gasteiger partial charge in [-0.3, -0.25) is 4.79 Å². The molecular weight excluding hydrogens is 431 g/mol.